The number of amides is 1. The van der Waals surface area contributed by atoms with E-state index in [1.54, 1.807) is 37.1 Å². The number of carbonyl (C=O) groups is 1. The standard InChI is InChI=1S/C16H15Cl2NO2S/c1-21-11-5-7-12(8-6-11)22-10-9-15(20)19-14-4-2-3-13(17)16(14)18/h2-8H,9-10H2,1H3,(H,19,20). The molecule has 6 heteroatoms. The maximum Gasteiger partial charge on any atom is 0.225 e. The molecule has 1 N–H and O–H groups in total. The van der Waals surface area contributed by atoms with Gasteiger partial charge in [0, 0.05) is 17.1 Å². The number of methoxy groups -OCH3 is 1. The molecule has 0 saturated carbocycles. The second-order valence-corrected chi connectivity index (χ2v) is 6.38. The zero-order valence-electron chi connectivity index (χ0n) is 11.9. The van der Waals surface area contributed by atoms with Crippen molar-refractivity contribution in [2.45, 2.75) is 11.3 Å². The predicted octanol–water partition coefficient (Wildman–Crippen LogP) is 5.12. The lowest BCUT2D eigenvalue weighted by molar-refractivity contribution is -0.115. The van der Waals surface area contributed by atoms with Gasteiger partial charge in [0.2, 0.25) is 5.91 Å². The van der Waals surface area contributed by atoms with Gasteiger partial charge in [-0.25, -0.2) is 0 Å². The maximum absolute atomic E-state index is 11.9. The van der Waals surface area contributed by atoms with E-state index in [1.807, 2.05) is 24.3 Å². The molecule has 1 amide bonds. The summed E-state index contributed by atoms with van der Waals surface area (Å²) in [6, 6.07) is 12.9. The van der Waals surface area contributed by atoms with Crippen LogP contribution in [0.3, 0.4) is 0 Å². The van der Waals surface area contributed by atoms with Crippen LogP contribution in [0.1, 0.15) is 6.42 Å². The molecule has 0 fully saturated rings. The van der Waals surface area contributed by atoms with Crippen LogP contribution in [0.4, 0.5) is 5.69 Å². The van der Waals surface area contributed by atoms with Crippen molar-refractivity contribution in [1.82, 2.24) is 0 Å². The van der Waals surface area contributed by atoms with Gasteiger partial charge >= 0.3 is 0 Å². The molecule has 0 aromatic heterocycles. The van der Waals surface area contributed by atoms with E-state index in [0.717, 1.165) is 10.6 Å². The highest BCUT2D eigenvalue weighted by molar-refractivity contribution is 7.99. The summed E-state index contributed by atoms with van der Waals surface area (Å²) in [7, 11) is 1.63. The Bertz CT molecular complexity index is 647. The SMILES string of the molecule is COc1ccc(SCCC(=O)Nc2cccc(Cl)c2Cl)cc1. The fourth-order valence-electron chi connectivity index (χ4n) is 1.75. The first-order valence-electron chi connectivity index (χ1n) is 6.61. The monoisotopic (exact) mass is 355 g/mol. The van der Waals surface area contributed by atoms with Crippen molar-refractivity contribution < 1.29 is 9.53 Å². The molecule has 116 valence electrons. The van der Waals surface area contributed by atoms with Gasteiger partial charge in [-0.05, 0) is 36.4 Å². The average molecular weight is 356 g/mol. The lowest BCUT2D eigenvalue weighted by Crippen LogP contribution is -2.12. The first-order chi connectivity index (χ1) is 10.6. The number of ether oxygens (including phenoxy) is 1. The summed E-state index contributed by atoms with van der Waals surface area (Å²) in [5, 5.41) is 3.55. The molecule has 0 aliphatic rings. The minimum atomic E-state index is -0.0924. The number of hydrogen-bond donors (Lipinski definition) is 1. The van der Waals surface area contributed by atoms with Crippen LogP contribution in [0, 0.1) is 0 Å². The third-order valence-corrected chi connectivity index (χ3v) is 4.72. The minimum absolute atomic E-state index is 0.0924. The Morgan fingerprint density at radius 1 is 1.18 bits per heavy atom. The van der Waals surface area contributed by atoms with Crippen molar-refractivity contribution in [2.75, 3.05) is 18.2 Å². The Hall–Kier alpha value is -1.36. The minimum Gasteiger partial charge on any atom is -0.497 e. The molecule has 2 aromatic carbocycles. The summed E-state index contributed by atoms with van der Waals surface area (Å²) in [6.45, 7) is 0. The van der Waals surface area contributed by atoms with E-state index in [1.165, 1.54) is 0 Å². The van der Waals surface area contributed by atoms with E-state index in [9.17, 15) is 4.79 Å². The lowest BCUT2D eigenvalue weighted by atomic mass is 10.3. The quantitative estimate of drug-likeness (QED) is 0.730. The third-order valence-electron chi connectivity index (χ3n) is 2.88. The molecule has 0 bridgehead atoms. The van der Waals surface area contributed by atoms with Gasteiger partial charge in [-0.15, -0.1) is 11.8 Å². The predicted molar refractivity (Wildman–Crippen MR) is 93.4 cm³/mol. The molecule has 0 heterocycles. The van der Waals surface area contributed by atoms with Gasteiger partial charge in [0.15, 0.2) is 0 Å². The van der Waals surface area contributed by atoms with Crippen LogP contribution in [0.25, 0.3) is 0 Å². The van der Waals surface area contributed by atoms with Crippen LogP contribution in [-0.2, 0) is 4.79 Å². The molecule has 0 atom stereocenters. The smallest absolute Gasteiger partial charge is 0.225 e. The Kier molecular flexibility index (Phi) is 6.43. The Labute approximate surface area is 144 Å². The Morgan fingerprint density at radius 3 is 2.59 bits per heavy atom. The van der Waals surface area contributed by atoms with Crippen molar-refractivity contribution in [3.05, 3.63) is 52.5 Å². The van der Waals surface area contributed by atoms with E-state index in [0.29, 0.717) is 27.9 Å². The number of rotatable bonds is 6. The molecule has 0 radical (unpaired) electrons. The van der Waals surface area contributed by atoms with Gasteiger partial charge in [-0.2, -0.15) is 0 Å². The van der Waals surface area contributed by atoms with Crippen LogP contribution >= 0.6 is 35.0 Å². The summed E-state index contributed by atoms with van der Waals surface area (Å²) in [4.78, 5) is 13.0. The molecule has 0 spiro atoms. The third kappa shape index (κ3) is 4.83. The van der Waals surface area contributed by atoms with Crippen molar-refractivity contribution in [1.29, 1.82) is 0 Å². The highest BCUT2D eigenvalue weighted by atomic mass is 35.5. The van der Waals surface area contributed by atoms with Gasteiger partial charge in [0.25, 0.3) is 0 Å². The molecule has 22 heavy (non-hydrogen) atoms. The normalized spacial score (nSPS) is 10.3. The van der Waals surface area contributed by atoms with Crippen LogP contribution in [-0.4, -0.2) is 18.8 Å². The molecule has 0 aliphatic heterocycles. The van der Waals surface area contributed by atoms with E-state index in [2.05, 4.69) is 5.32 Å². The average Bonchev–Trinajstić information content (AvgIpc) is 2.52. The van der Waals surface area contributed by atoms with E-state index in [4.69, 9.17) is 27.9 Å². The van der Waals surface area contributed by atoms with Crippen molar-refractivity contribution in [3.8, 4) is 5.75 Å². The Balaban J connectivity index is 1.81. The first kappa shape index (κ1) is 17.0. The summed E-state index contributed by atoms with van der Waals surface area (Å²) in [6.07, 6.45) is 0.388. The van der Waals surface area contributed by atoms with Crippen molar-refractivity contribution in [3.63, 3.8) is 0 Å². The second kappa shape index (κ2) is 8.32. The molecule has 3 nitrogen and oxygen atoms in total. The largest absolute Gasteiger partial charge is 0.497 e. The van der Waals surface area contributed by atoms with E-state index in [-0.39, 0.29) is 5.91 Å². The summed E-state index contributed by atoms with van der Waals surface area (Å²) < 4.78 is 5.10. The van der Waals surface area contributed by atoms with Gasteiger partial charge in [-0.3, -0.25) is 4.79 Å². The molecular formula is C16H15Cl2NO2S. The molecule has 0 aliphatic carbocycles. The molecule has 0 unspecified atom stereocenters. The zero-order valence-corrected chi connectivity index (χ0v) is 14.3. The number of anilines is 1. The van der Waals surface area contributed by atoms with Crippen molar-refractivity contribution >= 4 is 46.6 Å². The van der Waals surface area contributed by atoms with E-state index < -0.39 is 0 Å². The lowest BCUT2D eigenvalue weighted by Gasteiger charge is -2.08. The second-order valence-electron chi connectivity index (χ2n) is 4.42. The topological polar surface area (TPSA) is 38.3 Å². The highest BCUT2D eigenvalue weighted by Gasteiger charge is 2.08. The summed E-state index contributed by atoms with van der Waals surface area (Å²) in [5.74, 6) is 1.40. The van der Waals surface area contributed by atoms with Crippen LogP contribution in [0.15, 0.2) is 47.4 Å². The number of benzene rings is 2. The van der Waals surface area contributed by atoms with Gasteiger partial charge in [-0.1, -0.05) is 29.3 Å². The molecule has 2 aromatic rings. The Morgan fingerprint density at radius 2 is 1.91 bits per heavy atom. The molecule has 0 saturated heterocycles. The van der Waals surface area contributed by atoms with E-state index >= 15 is 0 Å². The van der Waals surface area contributed by atoms with Crippen LogP contribution < -0.4 is 10.1 Å². The van der Waals surface area contributed by atoms with Gasteiger partial charge < -0.3 is 10.1 Å². The van der Waals surface area contributed by atoms with Gasteiger partial charge in [0.1, 0.15) is 5.75 Å². The number of hydrogen-bond acceptors (Lipinski definition) is 3. The number of nitrogens with one attached hydrogen (secondary N) is 1. The summed E-state index contributed by atoms with van der Waals surface area (Å²) >= 11 is 13.6. The summed E-state index contributed by atoms with van der Waals surface area (Å²) in [5.41, 5.74) is 0.536. The van der Waals surface area contributed by atoms with Crippen LogP contribution in [0.5, 0.6) is 5.75 Å². The number of thioether (sulfide) groups is 1. The fourth-order valence-corrected chi connectivity index (χ4v) is 2.95. The molecule has 2 rings (SSSR count). The van der Waals surface area contributed by atoms with Crippen molar-refractivity contribution in [2.24, 2.45) is 0 Å². The fraction of sp³-hybridized carbons (Fsp3) is 0.188. The number of carbonyl (C=O) groups excluding carboxylic acids is 1. The highest BCUT2D eigenvalue weighted by Crippen LogP contribution is 2.29. The molecular weight excluding hydrogens is 341 g/mol. The maximum atomic E-state index is 11.9. The first-order valence-corrected chi connectivity index (χ1v) is 8.35. The van der Waals surface area contributed by atoms with Crippen LogP contribution in [0.2, 0.25) is 10.0 Å². The number of halogens is 2. The van der Waals surface area contributed by atoms with Gasteiger partial charge in [0.05, 0.1) is 22.8 Å². The zero-order chi connectivity index (χ0) is 15.9.